The molecule has 0 aromatic carbocycles. The number of nitrogens with one attached hydrogen (secondary N) is 2. The first-order chi connectivity index (χ1) is 7.76. The number of carbonyl (C=O) groups excluding carboxylic acids is 1. The van der Waals surface area contributed by atoms with Gasteiger partial charge in [-0.1, -0.05) is 12.8 Å². The van der Waals surface area contributed by atoms with Crippen LogP contribution in [0.5, 0.6) is 0 Å². The van der Waals surface area contributed by atoms with E-state index in [0.29, 0.717) is 12.6 Å². The molecule has 0 aromatic rings. The number of aliphatic hydroxyl groups is 1. The highest BCUT2D eigenvalue weighted by molar-refractivity contribution is 5.78. The summed E-state index contributed by atoms with van der Waals surface area (Å²) in [7, 11) is 1.57. The third-order valence-electron chi connectivity index (χ3n) is 2.86. The topological polar surface area (TPSA) is 70.6 Å². The molecule has 0 heterocycles. The molecule has 1 unspecified atom stereocenters. The third kappa shape index (κ3) is 4.92. The smallest absolute Gasteiger partial charge is 0.234 e. The van der Waals surface area contributed by atoms with Crippen LogP contribution in [0.1, 0.15) is 25.7 Å². The second kappa shape index (κ2) is 7.60. The summed E-state index contributed by atoms with van der Waals surface area (Å²) in [6, 6.07) is 0.184. The zero-order chi connectivity index (χ0) is 11.8. The maximum atomic E-state index is 11.5. The highest BCUT2D eigenvalue weighted by Gasteiger charge is 2.17. The second-order valence-electron chi connectivity index (χ2n) is 4.26. The van der Waals surface area contributed by atoms with Gasteiger partial charge in [-0.2, -0.15) is 0 Å². The summed E-state index contributed by atoms with van der Waals surface area (Å²) >= 11 is 0. The van der Waals surface area contributed by atoms with Gasteiger partial charge in [0.2, 0.25) is 5.91 Å². The Morgan fingerprint density at radius 3 is 2.75 bits per heavy atom. The molecule has 1 saturated carbocycles. The molecular weight excluding hydrogens is 208 g/mol. The lowest BCUT2D eigenvalue weighted by Crippen LogP contribution is -2.45. The van der Waals surface area contributed by atoms with E-state index >= 15 is 0 Å². The number of carbonyl (C=O) groups is 1. The van der Waals surface area contributed by atoms with Crippen LogP contribution in [0.2, 0.25) is 0 Å². The molecule has 1 atom stereocenters. The largest absolute Gasteiger partial charge is 0.395 e. The Morgan fingerprint density at radius 2 is 2.19 bits per heavy atom. The van der Waals surface area contributed by atoms with Crippen molar-refractivity contribution in [2.45, 2.75) is 37.8 Å². The van der Waals surface area contributed by atoms with Gasteiger partial charge in [0.25, 0.3) is 0 Å². The summed E-state index contributed by atoms with van der Waals surface area (Å²) in [5.74, 6) is 0.00135. The van der Waals surface area contributed by atoms with E-state index in [4.69, 9.17) is 9.84 Å². The van der Waals surface area contributed by atoms with Crippen LogP contribution in [0, 0.1) is 0 Å². The fourth-order valence-corrected chi connectivity index (χ4v) is 1.96. The Bertz CT molecular complexity index is 205. The Labute approximate surface area is 96.6 Å². The van der Waals surface area contributed by atoms with E-state index in [2.05, 4.69) is 10.6 Å². The van der Waals surface area contributed by atoms with Crippen molar-refractivity contribution in [3.63, 3.8) is 0 Å². The van der Waals surface area contributed by atoms with Crippen molar-refractivity contribution in [2.24, 2.45) is 0 Å². The lowest BCUT2D eigenvalue weighted by molar-refractivity contribution is -0.121. The van der Waals surface area contributed by atoms with Crippen molar-refractivity contribution < 1.29 is 14.6 Å². The lowest BCUT2D eigenvalue weighted by atomic mass is 10.2. The molecule has 0 radical (unpaired) electrons. The number of rotatable bonds is 7. The monoisotopic (exact) mass is 230 g/mol. The standard InChI is InChI=1S/C11H22N2O3/c1-16-8-10(7-14)12-6-11(15)13-9-4-2-3-5-9/h9-10,12,14H,2-8H2,1H3,(H,13,15). The fraction of sp³-hybridized carbons (Fsp3) is 0.909. The minimum absolute atomic E-state index is 0.00135. The molecule has 1 aliphatic carbocycles. The molecule has 5 heteroatoms. The average Bonchev–Trinajstić information content (AvgIpc) is 2.76. The number of hydrogen-bond donors (Lipinski definition) is 3. The van der Waals surface area contributed by atoms with Crippen LogP contribution in [0.25, 0.3) is 0 Å². The summed E-state index contributed by atoms with van der Waals surface area (Å²) < 4.78 is 4.91. The number of ether oxygens (including phenoxy) is 1. The number of amides is 1. The van der Waals surface area contributed by atoms with Gasteiger partial charge in [0, 0.05) is 13.2 Å². The van der Waals surface area contributed by atoms with Gasteiger partial charge in [0.05, 0.1) is 25.8 Å². The molecule has 0 saturated heterocycles. The van der Waals surface area contributed by atoms with Crippen molar-refractivity contribution in [1.29, 1.82) is 0 Å². The fourth-order valence-electron chi connectivity index (χ4n) is 1.96. The lowest BCUT2D eigenvalue weighted by Gasteiger charge is -2.16. The number of methoxy groups -OCH3 is 1. The van der Waals surface area contributed by atoms with Gasteiger partial charge in [-0.25, -0.2) is 0 Å². The third-order valence-corrected chi connectivity index (χ3v) is 2.86. The van der Waals surface area contributed by atoms with Gasteiger partial charge in [-0.3, -0.25) is 4.79 Å². The minimum atomic E-state index is -0.167. The molecule has 1 aliphatic rings. The molecule has 0 spiro atoms. The summed E-state index contributed by atoms with van der Waals surface area (Å²) in [4.78, 5) is 11.5. The second-order valence-corrected chi connectivity index (χ2v) is 4.26. The highest BCUT2D eigenvalue weighted by Crippen LogP contribution is 2.17. The van der Waals surface area contributed by atoms with Gasteiger partial charge in [0.1, 0.15) is 0 Å². The Morgan fingerprint density at radius 1 is 1.50 bits per heavy atom. The van der Waals surface area contributed by atoms with Crippen LogP contribution < -0.4 is 10.6 Å². The van der Waals surface area contributed by atoms with Crippen LogP contribution in [-0.4, -0.2) is 50.0 Å². The van der Waals surface area contributed by atoms with Gasteiger partial charge in [-0.05, 0) is 12.8 Å². The normalized spacial score (nSPS) is 18.6. The van der Waals surface area contributed by atoms with E-state index in [1.807, 2.05) is 0 Å². The zero-order valence-electron chi connectivity index (χ0n) is 9.87. The molecular formula is C11H22N2O3. The first-order valence-corrected chi connectivity index (χ1v) is 5.88. The number of aliphatic hydroxyl groups excluding tert-OH is 1. The van der Waals surface area contributed by atoms with Crippen LogP contribution in [0.3, 0.4) is 0 Å². The molecule has 1 fully saturated rings. The molecule has 0 aromatic heterocycles. The zero-order valence-corrected chi connectivity index (χ0v) is 9.87. The van der Waals surface area contributed by atoms with Crippen LogP contribution in [0.4, 0.5) is 0 Å². The number of hydrogen-bond acceptors (Lipinski definition) is 4. The SMILES string of the molecule is COCC(CO)NCC(=O)NC1CCCC1. The molecule has 3 N–H and O–H groups in total. The molecule has 94 valence electrons. The van der Waals surface area contributed by atoms with Crippen molar-refractivity contribution in [3.8, 4) is 0 Å². The minimum Gasteiger partial charge on any atom is -0.395 e. The maximum absolute atomic E-state index is 11.5. The predicted octanol–water partition coefficient (Wildman–Crippen LogP) is -0.358. The van der Waals surface area contributed by atoms with E-state index in [-0.39, 0.29) is 25.1 Å². The van der Waals surface area contributed by atoms with E-state index in [1.165, 1.54) is 12.8 Å². The molecule has 16 heavy (non-hydrogen) atoms. The van der Waals surface area contributed by atoms with E-state index in [9.17, 15) is 4.79 Å². The average molecular weight is 230 g/mol. The van der Waals surface area contributed by atoms with Crippen molar-refractivity contribution in [3.05, 3.63) is 0 Å². The summed E-state index contributed by atoms with van der Waals surface area (Å²) in [6.45, 7) is 0.628. The predicted molar refractivity (Wildman–Crippen MR) is 61.2 cm³/mol. The Hall–Kier alpha value is -0.650. The first-order valence-electron chi connectivity index (χ1n) is 5.88. The molecule has 0 aliphatic heterocycles. The van der Waals surface area contributed by atoms with E-state index in [0.717, 1.165) is 12.8 Å². The Kier molecular flexibility index (Phi) is 6.37. The van der Waals surface area contributed by atoms with Gasteiger partial charge < -0.3 is 20.5 Å². The van der Waals surface area contributed by atoms with E-state index in [1.54, 1.807) is 7.11 Å². The Balaban J connectivity index is 2.12. The quantitative estimate of drug-likeness (QED) is 0.559. The summed E-state index contributed by atoms with van der Waals surface area (Å²) in [6.07, 6.45) is 4.60. The van der Waals surface area contributed by atoms with Gasteiger partial charge in [0.15, 0.2) is 0 Å². The van der Waals surface area contributed by atoms with Crippen LogP contribution >= 0.6 is 0 Å². The van der Waals surface area contributed by atoms with Crippen LogP contribution in [-0.2, 0) is 9.53 Å². The van der Waals surface area contributed by atoms with E-state index < -0.39 is 0 Å². The summed E-state index contributed by atoms with van der Waals surface area (Å²) in [5, 5.41) is 14.9. The van der Waals surface area contributed by atoms with Crippen molar-refractivity contribution >= 4 is 5.91 Å². The summed E-state index contributed by atoms with van der Waals surface area (Å²) in [5.41, 5.74) is 0. The van der Waals surface area contributed by atoms with Crippen molar-refractivity contribution in [1.82, 2.24) is 10.6 Å². The first kappa shape index (κ1) is 13.4. The van der Waals surface area contributed by atoms with Crippen molar-refractivity contribution in [2.75, 3.05) is 26.9 Å². The molecule has 5 nitrogen and oxygen atoms in total. The van der Waals surface area contributed by atoms with Gasteiger partial charge in [-0.15, -0.1) is 0 Å². The van der Waals surface area contributed by atoms with Gasteiger partial charge >= 0.3 is 0 Å². The molecule has 1 amide bonds. The molecule has 0 bridgehead atoms. The highest BCUT2D eigenvalue weighted by atomic mass is 16.5. The molecule has 1 rings (SSSR count). The maximum Gasteiger partial charge on any atom is 0.234 e. The van der Waals surface area contributed by atoms with Crippen LogP contribution in [0.15, 0.2) is 0 Å².